The standard InChI is InChI=1S/C17H17N3O/c1-2-11-20-15-9-5-4-8-14(15)19-17(20)18-12-13-7-3-6-10-16(13)21/h3-10,12,21H,2,11H2,1H3. The van der Waals surface area contributed by atoms with Crippen LogP contribution in [0.4, 0.5) is 5.95 Å². The van der Waals surface area contributed by atoms with Crippen LogP contribution < -0.4 is 0 Å². The molecule has 1 aromatic heterocycles. The highest BCUT2D eigenvalue weighted by Gasteiger charge is 2.08. The van der Waals surface area contributed by atoms with Crippen LogP contribution in [0.3, 0.4) is 0 Å². The highest BCUT2D eigenvalue weighted by molar-refractivity contribution is 5.86. The molecule has 1 heterocycles. The van der Waals surface area contributed by atoms with Gasteiger partial charge in [0, 0.05) is 18.3 Å². The average Bonchev–Trinajstić information content (AvgIpc) is 2.85. The lowest BCUT2D eigenvalue weighted by Gasteiger charge is -2.03. The monoisotopic (exact) mass is 279 g/mol. The fourth-order valence-corrected chi connectivity index (χ4v) is 2.33. The number of phenols is 1. The minimum Gasteiger partial charge on any atom is -0.507 e. The van der Waals surface area contributed by atoms with E-state index in [1.165, 1.54) is 0 Å². The molecule has 4 nitrogen and oxygen atoms in total. The van der Waals surface area contributed by atoms with E-state index in [4.69, 9.17) is 0 Å². The summed E-state index contributed by atoms with van der Waals surface area (Å²) in [6.45, 7) is 3.00. The van der Waals surface area contributed by atoms with Gasteiger partial charge in [0.1, 0.15) is 5.75 Å². The molecular weight excluding hydrogens is 262 g/mol. The van der Waals surface area contributed by atoms with Crippen LogP contribution >= 0.6 is 0 Å². The van der Waals surface area contributed by atoms with Gasteiger partial charge in [-0.15, -0.1) is 0 Å². The molecule has 0 saturated carbocycles. The number of aryl methyl sites for hydroxylation is 1. The lowest BCUT2D eigenvalue weighted by Crippen LogP contribution is -1.96. The molecule has 0 aliphatic carbocycles. The number of aliphatic imine (C=N–C) groups is 1. The highest BCUT2D eigenvalue weighted by atomic mass is 16.3. The molecular formula is C17H17N3O. The quantitative estimate of drug-likeness (QED) is 0.736. The zero-order valence-corrected chi connectivity index (χ0v) is 11.9. The molecule has 4 heteroatoms. The summed E-state index contributed by atoms with van der Waals surface area (Å²) in [6, 6.07) is 15.2. The van der Waals surface area contributed by atoms with Crippen molar-refractivity contribution >= 4 is 23.2 Å². The van der Waals surface area contributed by atoms with Gasteiger partial charge < -0.3 is 9.67 Å². The number of aromatic nitrogens is 2. The molecule has 3 rings (SSSR count). The minimum absolute atomic E-state index is 0.222. The molecule has 3 aromatic rings. The van der Waals surface area contributed by atoms with Gasteiger partial charge in [-0.05, 0) is 30.7 Å². The number of rotatable bonds is 4. The maximum absolute atomic E-state index is 9.78. The van der Waals surface area contributed by atoms with E-state index >= 15 is 0 Å². The molecule has 0 saturated heterocycles. The first-order chi connectivity index (χ1) is 10.3. The molecule has 0 fully saturated rings. The van der Waals surface area contributed by atoms with E-state index < -0.39 is 0 Å². The van der Waals surface area contributed by atoms with E-state index in [1.54, 1.807) is 18.3 Å². The van der Waals surface area contributed by atoms with E-state index in [9.17, 15) is 5.11 Å². The van der Waals surface area contributed by atoms with Crippen molar-refractivity contribution in [3.05, 3.63) is 54.1 Å². The number of phenolic OH excluding ortho intramolecular Hbond substituents is 1. The predicted molar refractivity (Wildman–Crippen MR) is 85.4 cm³/mol. The first-order valence-corrected chi connectivity index (χ1v) is 7.07. The fraction of sp³-hybridized carbons (Fsp3) is 0.176. The van der Waals surface area contributed by atoms with Crippen LogP contribution in [0.2, 0.25) is 0 Å². The molecule has 0 aliphatic heterocycles. The molecule has 0 unspecified atom stereocenters. The van der Waals surface area contributed by atoms with Crippen molar-refractivity contribution in [2.75, 3.05) is 0 Å². The predicted octanol–water partition coefficient (Wildman–Crippen LogP) is 3.90. The number of hydrogen-bond acceptors (Lipinski definition) is 3. The Labute approximate surface area is 123 Å². The molecule has 106 valence electrons. The Morgan fingerprint density at radius 3 is 2.71 bits per heavy atom. The second-order valence-electron chi connectivity index (χ2n) is 4.87. The van der Waals surface area contributed by atoms with Crippen molar-refractivity contribution in [1.82, 2.24) is 9.55 Å². The maximum atomic E-state index is 9.78. The number of nitrogens with zero attached hydrogens (tertiary/aromatic N) is 3. The van der Waals surface area contributed by atoms with Gasteiger partial charge in [-0.3, -0.25) is 0 Å². The molecule has 21 heavy (non-hydrogen) atoms. The number of benzene rings is 2. The Morgan fingerprint density at radius 1 is 1.14 bits per heavy atom. The van der Waals surface area contributed by atoms with Gasteiger partial charge in [-0.2, -0.15) is 0 Å². The highest BCUT2D eigenvalue weighted by Crippen LogP contribution is 2.22. The second-order valence-corrected chi connectivity index (χ2v) is 4.87. The van der Waals surface area contributed by atoms with Crippen LogP contribution in [-0.2, 0) is 6.54 Å². The lowest BCUT2D eigenvalue weighted by molar-refractivity contribution is 0.474. The van der Waals surface area contributed by atoms with E-state index in [0.29, 0.717) is 11.5 Å². The van der Waals surface area contributed by atoms with E-state index in [1.807, 2.05) is 30.3 Å². The largest absolute Gasteiger partial charge is 0.507 e. The van der Waals surface area contributed by atoms with Crippen molar-refractivity contribution in [2.45, 2.75) is 19.9 Å². The molecule has 0 atom stereocenters. The molecule has 2 aromatic carbocycles. The SMILES string of the molecule is CCCn1c(N=Cc2ccccc2O)nc2ccccc21. The first kappa shape index (κ1) is 13.4. The molecule has 0 aliphatic rings. The Morgan fingerprint density at radius 2 is 1.90 bits per heavy atom. The Hall–Kier alpha value is -2.62. The molecule has 1 N–H and O–H groups in total. The van der Waals surface area contributed by atoms with Gasteiger partial charge in [-0.1, -0.05) is 31.2 Å². The van der Waals surface area contributed by atoms with Crippen LogP contribution in [0.5, 0.6) is 5.75 Å². The van der Waals surface area contributed by atoms with Crippen LogP contribution in [0, 0.1) is 0 Å². The topological polar surface area (TPSA) is 50.4 Å². The maximum Gasteiger partial charge on any atom is 0.230 e. The number of para-hydroxylation sites is 3. The van der Waals surface area contributed by atoms with Gasteiger partial charge in [-0.25, -0.2) is 9.98 Å². The molecule has 0 spiro atoms. The second kappa shape index (κ2) is 5.79. The van der Waals surface area contributed by atoms with Crippen molar-refractivity contribution in [3.63, 3.8) is 0 Å². The fourth-order valence-electron chi connectivity index (χ4n) is 2.33. The van der Waals surface area contributed by atoms with Crippen molar-refractivity contribution in [2.24, 2.45) is 4.99 Å². The minimum atomic E-state index is 0.222. The van der Waals surface area contributed by atoms with Gasteiger partial charge >= 0.3 is 0 Å². The van der Waals surface area contributed by atoms with Crippen LogP contribution in [-0.4, -0.2) is 20.9 Å². The summed E-state index contributed by atoms with van der Waals surface area (Å²) in [5.41, 5.74) is 2.71. The van der Waals surface area contributed by atoms with Gasteiger partial charge in [0.25, 0.3) is 0 Å². The Kier molecular flexibility index (Phi) is 3.69. The van der Waals surface area contributed by atoms with Gasteiger partial charge in [0.2, 0.25) is 5.95 Å². The summed E-state index contributed by atoms with van der Waals surface area (Å²) in [7, 11) is 0. The third-order valence-electron chi connectivity index (χ3n) is 3.34. The third kappa shape index (κ3) is 2.65. The lowest BCUT2D eigenvalue weighted by atomic mass is 10.2. The molecule has 0 amide bonds. The van der Waals surface area contributed by atoms with Crippen LogP contribution in [0.1, 0.15) is 18.9 Å². The Bertz CT molecular complexity index is 790. The smallest absolute Gasteiger partial charge is 0.230 e. The Balaban J connectivity index is 2.04. The van der Waals surface area contributed by atoms with Crippen molar-refractivity contribution in [3.8, 4) is 5.75 Å². The van der Waals surface area contributed by atoms with Crippen LogP contribution in [0.25, 0.3) is 11.0 Å². The number of imidazole rings is 1. The molecule has 0 radical (unpaired) electrons. The van der Waals surface area contributed by atoms with Crippen molar-refractivity contribution < 1.29 is 5.11 Å². The molecule has 0 bridgehead atoms. The normalized spacial score (nSPS) is 11.5. The van der Waals surface area contributed by atoms with Crippen molar-refractivity contribution in [1.29, 1.82) is 0 Å². The summed E-state index contributed by atoms with van der Waals surface area (Å²) in [4.78, 5) is 9.02. The van der Waals surface area contributed by atoms with E-state index in [0.717, 1.165) is 24.0 Å². The summed E-state index contributed by atoms with van der Waals surface area (Å²) in [5, 5.41) is 9.78. The first-order valence-electron chi connectivity index (χ1n) is 7.07. The van der Waals surface area contributed by atoms with Crippen LogP contribution in [0.15, 0.2) is 53.5 Å². The zero-order chi connectivity index (χ0) is 14.7. The third-order valence-corrected chi connectivity index (χ3v) is 3.34. The summed E-state index contributed by atoms with van der Waals surface area (Å²) >= 11 is 0. The van der Waals surface area contributed by atoms with E-state index in [-0.39, 0.29) is 5.75 Å². The number of fused-ring (bicyclic) bond motifs is 1. The summed E-state index contributed by atoms with van der Waals surface area (Å²) < 4.78 is 2.10. The number of aromatic hydroxyl groups is 1. The van der Waals surface area contributed by atoms with Gasteiger partial charge in [0.05, 0.1) is 11.0 Å². The summed E-state index contributed by atoms with van der Waals surface area (Å²) in [5.74, 6) is 0.890. The average molecular weight is 279 g/mol. The van der Waals surface area contributed by atoms with E-state index in [2.05, 4.69) is 27.5 Å². The van der Waals surface area contributed by atoms with Gasteiger partial charge in [0.15, 0.2) is 0 Å². The zero-order valence-electron chi connectivity index (χ0n) is 11.9. The summed E-state index contributed by atoms with van der Waals surface area (Å²) in [6.07, 6.45) is 2.67. The number of hydrogen-bond donors (Lipinski definition) is 1.